The first-order chi connectivity index (χ1) is 16.3. The van der Waals surface area contributed by atoms with Gasteiger partial charge in [-0.05, 0) is 42.1 Å². The fourth-order valence-corrected chi connectivity index (χ4v) is 6.91. The molecule has 0 aromatic carbocycles. The van der Waals surface area contributed by atoms with Gasteiger partial charge in [0, 0.05) is 10.8 Å². The first-order valence-electron chi connectivity index (χ1n) is 12.2. The molecule has 1 heterocycles. The number of fused-ring (bicyclic) bond motifs is 3. The van der Waals surface area contributed by atoms with Crippen LogP contribution in [0, 0.1) is 28.1 Å². The lowest BCUT2D eigenvalue weighted by Crippen LogP contribution is -2.64. The highest BCUT2D eigenvalue weighted by Crippen LogP contribution is 2.62. The van der Waals surface area contributed by atoms with Crippen molar-refractivity contribution >= 4 is 5.97 Å². The van der Waals surface area contributed by atoms with Gasteiger partial charge in [-0.1, -0.05) is 45.1 Å². The van der Waals surface area contributed by atoms with Crippen LogP contribution < -0.4 is 0 Å². The van der Waals surface area contributed by atoms with Crippen LogP contribution in [0.1, 0.15) is 40.0 Å². The molecule has 6 N–H and O–H groups in total. The second-order valence-electron chi connectivity index (χ2n) is 11.6. The minimum Gasteiger partial charge on any atom is -0.479 e. The van der Waals surface area contributed by atoms with Crippen LogP contribution in [-0.2, 0) is 14.3 Å². The van der Waals surface area contributed by atoms with Crippen LogP contribution in [0.25, 0.3) is 0 Å². The van der Waals surface area contributed by atoms with Gasteiger partial charge in [0.15, 0.2) is 12.4 Å². The molecule has 35 heavy (non-hydrogen) atoms. The largest absolute Gasteiger partial charge is 0.479 e. The van der Waals surface area contributed by atoms with Crippen molar-refractivity contribution in [3.8, 4) is 0 Å². The van der Waals surface area contributed by atoms with Crippen molar-refractivity contribution in [1.82, 2.24) is 0 Å². The average molecular weight is 495 g/mol. The highest BCUT2D eigenvalue weighted by atomic mass is 16.7. The van der Waals surface area contributed by atoms with Gasteiger partial charge in [0.25, 0.3) is 0 Å². The fourth-order valence-electron chi connectivity index (χ4n) is 6.91. The maximum atomic E-state index is 11.4. The topological polar surface area (TPSA) is 157 Å². The minimum absolute atomic E-state index is 0.0981. The van der Waals surface area contributed by atoms with E-state index in [9.17, 15) is 35.4 Å². The molecule has 0 radical (unpaired) electrons. The summed E-state index contributed by atoms with van der Waals surface area (Å²) in [5.41, 5.74) is -0.294. The number of carboxylic acids is 1. The number of hydrogen-bond donors (Lipinski definition) is 6. The van der Waals surface area contributed by atoms with Crippen molar-refractivity contribution in [3.05, 3.63) is 36.5 Å². The van der Waals surface area contributed by atoms with Crippen LogP contribution in [0.15, 0.2) is 36.5 Å². The molecule has 1 saturated carbocycles. The lowest BCUT2D eigenvalue weighted by Gasteiger charge is -2.60. The molecule has 0 spiro atoms. The molecular formula is C26H38O9. The van der Waals surface area contributed by atoms with E-state index in [1.165, 1.54) is 5.57 Å². The number of carbonyl (C=O) groups is 1. The van der Waals surface area contributed by atoms with Crippen LogP contribution in [0.2, 0.25) is 0 Å². The Morgan fingerprint density at radius 3 is 2.49 bits per heavy atom. The van der Waals surface area contributed by atoms with Gasteiger partial charge in [0.1, 0.15) is 18.3 Å². The molecule has 2 fully saturated rings. The molecule has 0 amide bonds. The van der Waals surface area contributed by atoms with Crippen molar-refractivity contribution < 1.29 is 44.9 Å². The van der Waals surface area contributed by atoms with Gasteiger partial charge in [-0.25, -0.2) is 4.79 Å². The van der Waals surface area contributed by atoms with Crippen LogP contribution in [-0.4, -0.2) is 86.1 Å². The van der Waals surface area contributed by atoms with Crippen LogP contribution in [0.5, 0.6) is 0 Å². The van der Waals surface area contributed by atoms with Crippen molar-refractivity contribution in [2.75, 3.05) is 6.61 Å². The molecule has 9 heteroatoms. The molecule has 0 bridgehead atoms. The number of ether oxygens (including phenoxy) is 2. The quantitative estimate of drug-likeness (QED) is 0.304. The molecule has 0 unspecified atom stereocenters. The summed E-state index contributed by atoms with van der Waals surface area (Å²) in [7, 11) is 0. The molecule has 1 saturated heterocycles. The summed E-state index contributed by atoms with van der Waals surface area (Å²) >= 11 is 0. The molecule has 4 rings (SSSR count). The Morgan fingerprint density at radius 2 is 1.86 bits per heavy atom. The smallest absolute Gasteiger partial charge is 0.335 e. The molecular weight excluding hydrogens is 456 g/mol. The van der Waals surface area contributed by atoms with E-state index in [0.717, 1.165) is 12.8 Å². The molecule has 196 valence electrons. The molecule has 0 aromatic heterocycles. The second kappa shape index (κ2) is 9.06. The third-order valence-corrected chi connectivity index (χ3v) is 9.10. The van der Waals surface area contributed by atoms with E-state index < -0.39 is 54.3 Å². The predicted octanol–water partition coefficient (Wildman–Crippen LogP) is 0.748. The Hall–Kier alpha value is -1.59. The van der Waals surface area contributed by atoms with Gasteiger partial charge in [-0.3, -0.25) is 0 Å². The Bertz CT molecular complexity index is 916. The number of hydrogen-bond acceptors (Lipinski definition) is 8. The van der Waals surface area contributed by atoms with E-state index in [2.05, 4.69) is 32.6 Å². The lowest BCUT2D eigenvalue weighted by atomic mass is 9.46. The Kier molecular flexibility index (Phi) is 6.85. The zero-order valence-corrected chi connectivity index (χ0v) is 20.4. The van der Waals surface area contributed by atoms with E-state index in [1.807, 2.05) is 12.2 Å². The third-order valence-electron chi connectivity index (χ3n) is 9.10. The zero-order valence-electron chi connectivity index (χ0n) is 20.4. The fraction of sp³-hybridized carbons (Fsp3) is 0.731. The number of aliphatic hydroxyl groups is 5. The van der Waals surface area contributed by atoms with E-state index in [1.54, 1.807) is 6.92 Å². The summed E-state index contributed by atoms with van der Waals surface area (Å²) in [5.74, 6) is -1.53. The Morgan fingerprint density at radius 1 is 1.17 bits per heavy atom. The molecule has 12 atom stereocenters. The summed E-state index contributed by atoms with van der Waals surface area (Å²) in [4.78, 5) is 11.4. The third kappa shape index (κ3) is 4.21. The first kappa shape index (κ1) is 26.5. The van der Waals surface area contributed by atoms with Crippen LogP contribution in [0.3, 0.4) is 0 Å². The minimum atomic E-state index is -1.82. The first-order valence-corrected chi connectivity index (χ1v) is 12.2. The SMILES string of the molecule is C=C[C@]1(C)C=C2C=C[C@@H]3[C@](C)(C[C@@H](O)[C@@H](O)[C@]3(C)CO[C@@H]3O[C@H](C(=O)O)[C@@H](O)[C@@H](O)[C@@H]3O)[C@H]2CC1. The standard InChI is InChI=1S/C26H38O9/c1-5-24(2)9-8-14-13(10-24)6-7-16-25(14,3)11-15(27)21(31)26(16,4)12-34-23-19(30)17(28)18(29)20(35-23)22(32)33/h5-7,10,14-21,23,27-31H,1,8-9,11-12H2,2-4H3,(H,32,33)/t14-,15+,16+,17+,18-,19-,20-,21+,23+,24-,25+,26+/m0/s1. The van der Waals surface area contributed by atoms with E-state index in [0.29, 0.717) is 6.42 Å². The number of allylic oxidation sites excluding steroid dienone is 5. The number of aliphatic carboxylic acids is 1. The van der Waals surface area contributed by atoms with Crippen LogP contribution in [0.4, 0.5) is 0 Å². The molecule has 3 aliphatic carbocycles. The summed E-state index contributed by atoms with van der Waals surface area (Å²) in [6, 6.07) is 0. The van der Waals surface area contributed by atoms with Gasteiger partial charge in [-0.2, -0.15) is 0 Å². The summed E-state index contributed by atoms with van der Waals surface area (Å²) in [6.07, 6.45) is -0.203. The monoisotopic (exact) mass is 494 g/mol. The van der Waals surface area contributed by atoms with E-state index >= 15 is 0 Å². The highest BCUT2D eigenvalue weighted by molar-refractivity contribution is 5.73. The predicted molar refractivity (Wildman–Crippen MR) is 125 cm³/mol. The molecule has 9 nitrogen and oxygen atoms in total. The van der Waals surface area contributed by atoms with E-state index in [-0.39, 0.29) is 29.3 Å². The Balaban J connectivity index is 1.62. The maximum absolute atomic E-state index is 11.4. The molecule has 0 aromatic rings. The van der Waals surface area contributed by atoms with E-state index in [4.69, 9.17) is 9.47 Å². The lowest BCUT2D eigenvalue weighted by molar-refractivity contribution is -0.307. The van der Waals surface area contributed by atoms with Crippen molar-refractivity contribution in [3.63, 3.8) is 0 Å². The second-order valence-corrected chi connectivity index (χ2v) is 11.6. The van der Waals surface area contributed by atoms with Gasteiger partial charge in [-0.15, -0.1) is 6.58 Å². The zero-order chi connectivity index (χ0) is 25.9. The Labute approximate surface area is 205 Å². The van der Waals surface area contributed by atoms with Gasteiger partial charge < -0.3 is 40.1 Å². The molecule has 4 aliphatic rings. The van der Waals surface area contributed by atoms with Gasteiger partial charge in [0.2, 0.25) is 0 Å². The van der Waals surface area contributed by atoms with Crippen molar-refractivity contribution in [1.29, 1.82) is 0 Å². The van der Waals surface area contributed by atoms with Gasteiger partial charge >= 0.3 is 5.97 Å². The maximum Gasteiger partial charge on any atom is 0.335 e. The average Bonchev–Trinajstić information content (AvgIpc) is 2.80. The highest BCUT2D eigenvalue weighted by Gasteiger charge is 2.61. The van der Waals surface area contributed by atoms with Crippen LogP contribution >= 0.6 is 0 Å². The van der Waals surface area contributed by atoms with Gasteiger partial charge in [0.05, 0.1) is 18.8 Å². The number of carboxylic acid groups (broad SMARTS) is 1. The normalized spacial score (nSPS) is 51.7. The number of rotatable bonds is 5. The van der Waals surface area contributed by atoms with Crippen molar-refractivity contribution in [2.24, 2.45) is 28.1 Å². The molecule has 1 aliphatic heterocycles. The summed E-state index contributed by atoms with van der Waals surface area (Å²) in [5, 5.41) is 61.8. The summed E-state index contributed by atoms with van der Waals surface area (Å²) < 4.78 is 11.1. The number of aliphatic hydroxyl groups excluding tert-OH is 5. The summed E-state index contributed by atoms with van der Waals surface area (Å²) in [6.45, 7) is 9.87. The van der Waals surface area contributed by atoms with Crippen molar-refractivity contribution in [2.45, 2.75) is 82.9 Å².